The molecule has 0 saturated heterocycles. The van der Waals surface area contributed by atoms with Crippen LogP contribution in [0.3, 0.4) is 0 Å². The van der Waals surface area contributed by atoms with Gasteiger partial charge in [0.2, 0.25) is 11.8 Å². The SMILES string of the molecule is CCCC(=O)NCC(=O)Nc1cc(C)ccc1C. The zero-order chi connectivity index (χ0) is 13.5. The maximum Gasteiger partial charge on any atom is 0.243 e. The number of benzene rings is 1. The molecule has 18 heavy (non-hydrogen) atoms. The van der Waals surface area contributed by atoms with Crippen LogP contribution in [0, 0.1) is 13.8 Å². The maximum atomic E-state index is 11.7. The minimum atomic E-state index is -0.201. The normalized spacial score (nSPS) is 9.94. The van der Waals surface area contributed by atoms with Gasteiger partial charge >= 0.3 is 0 Å². The molecule has 1 aromatic carbocycles. The fourth-order valence-corrected chi connectivity index (χ4v) is 1.56. The summed E-state index contributed by atoms with van der Waals surface area (Å²) in [7, 11) is 0. The summed E-state index contributed by atoms with van der Waals surface area (Å²) in [5.41, 5.74) is 2.89. The predicted octanol–water partition coefficient (Wildman–Crippen LogP) is 2.16. The van der Waals surface area contributed by atoms with Crippen LogP contribution < -0.4 is 10.6 Å². The standard InChI is InChI=1S/C14H20N2O2/c1-4-5-13(17)15-9-14(18)16-12-8-10(2)6-7-11(12)3/h6-8H,4-5,9H2,1-3H3,(H,15,17)(H,16,18). The molecule has 0 bridgehead atoms. The summed E-state index contributed by atoms with van der Waals surface area (Å²) in [5.74, 6) is -0.290. The molecule has 0 fully saturated rings. The first kappa shape index (κ1) is 14.2. The molecule has 0 spiro atoms. The van der Waals surface area contributed by atoms with Crippen LogP contribution in [-0.2, 0) is 9.59 Å². The average Bonchev–Trinajstić information content (AvgIpc) is 2.32. The molecule has 0 heterocycles. The van der Waals surface area contributed by atoms with E-state index in [4.69, 9.17) is 0 Å². The number of aryl methyl sites for hydroxylation is 2. The Hall–Kier alpha value is -1.84. The molecule has 1 aromatic rings. The van der Waals surface area contributed by atoms with E-state index in [0.29, 0.717) is 6.42 Å². The van der Waals surface area contributed by atoms with Crippen molar-refractivity contribution in [2.75, 3.05) is 11.9 Å². The van der Waals surface area contributed by atoms with Crippen LogP contribution in [0.25, 0.3) is 0 Å². The van der Waals surface area contributed by atoms with Gasteiger partial charge in [0.05, 0.1) is 6.54 Å². The summed E-state index contributed by atoms with van der Waals surface area (Å²) in [6.07, 6.45) is 1.24. The van der Waals surface area contributed by atoms with E-state index in [1.807, 2.05) is 39.0 Å². The number of rotatable bonds is 5. The summed E-state index contributed by atoms with van der Waals surface area (Å²) in [5, 5.41) is 5.38. The van der Waals surface area contributed by atoms with E-state index in [1.165, 1.54) is 0 Å². The highest BCUT2D eigenvalue weighted by atomic mass is 16.2. The maximum absolute atomic E-state index is 11.7. The number of hydrogen-bond acceptors (Lipinski definition) is 2. The largest absolute Gasteiger partial charge is 0.347 e. The van der Waals surface area contributed by atoms with E-state index in [1.54, 1.807) is 0 Å². The third-order valence-electron chi connectivity index (χ3n) is 2.59. The number of anilines is 1. The molecule has 0 unspecified atom stereocenters. The van der Waals surface area contributed by atoms with Crippen molar-refractivity contribution in [1.29, 1.82) is 0 Å². The molecular weight excluding hydrogens is 228 g/mol. The number of amides is 2. The van der Waals surface area contributed by atoms with Crippen molar-refractivity contribution in [3.63, 3.8) is 0 Å². The fourth-order valence-electron chi connectivity index (χ4n) is 1.56. The van der Waals surface area contributed by atoms with E-state index in [9.17, 15) is 9.59 Å². The van der Waals surface area contributed by atoms with Crippen molar-refractivity contribution in [2.45, 2.75) is 33.6 Å². The van der Waals surface area contributed by atoms with Crippen molar-refractivity contribution in [3.8, 4) is 0 Å². The number of carbonyl (C=O) groups excluding carboxylic acids is 2. The van der Waals surface area contributed by atoms with Crippen LogP contribution in [0.5, 0.6) is 0 Å². The van der Waals surface area contributed by atoms with E-state index < -0.39 is 0 Å². The van der Waals surface area contributed by atoms with Crippen molar-refractivity contribution in [3.05, 3.63) is 29.3 Å². The third-order valence-corrected chi connectivity index (χ3v) is 2.59. The van der Waals surface area contributed by atoms with Gasteiger partial charge in [0.1, 0.15) is 0 Å². The van der Waals surface area contributed by atoms with Crippen LogP contribution in [0.2, 0.25) is 0 Å². The van der Waals surface area contributed by atoms with Crippen molar-refractivity contribution < 1.29 is 9.59 Å². The average molecular weight is 248 g/mol. The van der Waals surface area contributed by atoms with Gasteiger partial charge in [-0.1, -0.05) is 19.1 Å². The Bertz CT molecular complexity index is 441. The van der Waals surface area contributed by atoms with Crippen LogP contribution >= 0.6 is 0 Å². The second-order valence-corrected chi connectivity index (χ2v) is 4.39. The molecule has 1 rings (SSSR count). The van der Waals surface area contributed by atoms with Gasteiger partial charge in [0, 0.05) is 12.1 Å². The van der Waals surface area contributed by atoms with Gasteiger partial charge in [0.15, 0.2) is 0 Å². The molecule has 0 radical (unpaired) electrons. The van der Waals surface area contributed by atoms with Gasteiger partial charge in [0.25, 0.3) is 0 Å². The Morgan fingerprint density at radius 1 is 1.17 bits per heavy atom. The van der Waals surface area contributed by atoms with E-state index in [2.05, 4.69) is 10.6 Å². The Morgan fingerprint density at radius 2 is 1.89 bits per heavy atom. The lowest BCUT2D eigenvalue weighted by Gasteiger charge is -2.10. The first-order valence-corrected chi connectivity index (χ1v) is 6.16. The highest BCUT2D eigenvalue weighted by molar-refractivity contribution is 5.95. The lowest BCUT2D eigenvalue weighted by Crippen LogP contribution is -2.32. The first-order chi connectivity index (χ1) is 8.52. The molecule has 0 aliphatic carbocycles. The van der Waals surface area contributed by atoms with Crippen molar-refractivity contribution in [1.82, 2.24) is 5.32 Å². The van der Waals surface area contributed by atoms with Gasteiger partial charge in [-0.25, -0.2) is 0 Å². The molecule has 0 atom stereocenters. The zero-order valence-electron chi connectivity index (χ0n) is 11.2. The number of carbonyl (C=O) groups is 2. The molecule has 2 N–H and O–H groups in total. The molecule has 0 aromatic heterocycles. The third kappa shape index (κ3) is 4.57. The Balaban J connectivity index is 2.49. The van der Waals surface area contributed by atoms with E-state index in [0.717, 1.165) is 23.2 Å². The minimum Gasteiger partial charge on any atom is -0.347 e. The van der Waals surface area contributed by atoms with E-state index >= 15 is 0 Å². The second-order valence-electron chi connectivity index (χ2n) is 4.39. The zero-order valence-corrected chi connectivity index (χ0v) is 11.2. The summed E-state index contributed by atoms with van der Waals surface area (Å²) in [6.45, 7) is 5.85. The van der Waals surface area contributed by atoms with Crippen molar-refractivity contribution in [2.24, 2.45) is 0 Å². The quantitative estimate of drug-likeness (QED) is 0.839. The molecule has 4 nitrogen and oxygen atoms in total. The topological polar surface area (TPSA) is 58.2 Å². The summed E-state index contributed by atoms with van der Waals surface area (Å²) in [4.78, 5) is 22.9. The number of hydrogen-bond donors (Lipinski definition) is 2. The smallest absolute Gasteiger partial charge is 0.243 e. The van der Waals surface area contributed by atoms with Gasteiger partial charge in [-0.15, -0.1) is 0 Å². The van der Waals surface area contributed by atoms with Gasteiger partial charge in [-0.05, 0) is 37.5 Å². The fraction of sp³-hybridized carbons (Fsp3) is 0.429. The first-order valence-electron chi connectivity index (χ1n) is 6.16. The van der Waals surface area contributed by atoms with Crippen molar-refractivity contribution >= 4 is 17.5 Å². The van der Waals surface area contributed by atoms with E-state index in [-0.39, 0.29) is 18.4 Å². The molecule has 0 aliphatic heterocycles. The molecule has 2 amide bonds. The van der Waals surface area contributed by atoms with Gasteiger partial charge in [-0.2, -0.15) is 0 Å². The monoisotopic (exact) mass is 248 g/mol. The minimum absolute atomic E-state index is 0.0201. The van der Waals surface area contributed by atoms with Crippen LogP contribution in [0.15, 0.2) is 18.2 Å². The lowest BCUT2D eigenvalue weighted by molar-refractivity contribution is -0.124. The molecule has 0 saturated carbocycles. The summed E-state index contributed by atoms with van der Waals surface area (Å²) >= 11 is 0. The Labute approximate surface area is 108 Å². The highest BCUT2D eigenvalue weighted by Crippen LogP contribution is 2.15. The summed E-state index contributed by atoms with van der Waals surface area (Å²) in [6, 6.07) is 5.87. The highest BCUT2D eigenvalue weighted by Gasteiger charge is 2.06. The van der Waals surface area contributed by atoms with Gasteiger partial charge < -0.3 is 10.6 Å². The van der Waals surface area contributed by atoms with Crippen LogP contribution in [0.4, 0.5) is 5.69 Å². The van der Waals surface area contributed by atoms with Crippen LogP contribution in [0.1, 0.15) is 30.9 Å². The number of nitrogens with one attached hydrogen (secondary N) is 2. The predicted molar refractivity (Wildman–Crippen MR) is 72.5 cm³/mol. The summed E-state index contributed by atoms with van der Waals surface area (Å²) < 4.78 is 0. The molecule has 4 heteroatoms. The molecular formula is C14H20N2O2. The van der Waals surface area contributed by atoms with Crippen LogP contribution in [-0.4, -0.2) is 18.4 Å². The molecule has 98 valence electrons. The lowest BCUT2D eigenvalue weighted by atomic mass is 10.1. The Kier molecular flexibility index (Phi) is 5.36. The van der Waals surface area contributed by atoms with Gasteiger partial charge in [-0.3, -0.25) is 9.59 Å². The second kappa shape index (κ2) is 6.79. The Morgan fingerprint density at radius 3 is 2.56 bits per heavy atom. The molecule has 0 aliphatic rings.